The smallest absolute Gasteiger partial charge is 0.256 e. The molecule has 1 unspecified atom stereocenters. The molecule has 0 saturated carbocycles. The van der Waals surface area contributed by atoms with Crippen LogP contribution in [0.2, 0.25) is 0 Å². The van der Waals surface area contributed by atoms with Gasteiger partial charge in [0.1, 0.15) is 6.17 Å². The minimum atomic E-state index is -0.379. The lowest BCUT2D eigenvalue weighted by Gasteiger charge is -2.30. The molecule has 192 valence electrons. The first-order valence-corrected chi connectivity index (χ1v) is 13.4. The maximum Gasteiger partial charge on any atom is 0.256 e. The van der Waals surface area contributed by atoms with E-state index in [4.69, 9.17) is 0 Å². The summed E-state index contributed by atoms with van der Waals surface area (Å²) >= 11 is 0. The number of unbranched alkanes of at least 4 members (excludes halogenated alkanes) is 1. The van der Waals surface area contributed by atoms with E-state index in [9.17, 15) is 9.18 Å². The average molecular weight is 492 g/mol. The molecule has 6 nitrogen and oxygen atoms in total. The molecule has 4 aliphatic rings. The number of halogens is 1. The summed E-state index contributed by atoms with van der Waals surface area (Å²) in [6, 6.07) is 16.4. The Morgan fingerprint density at radius 1 is 0.972 bits per heavy atom. The van der Waals surface area contributed by atoms with Gasteiger partial charge in [-0.15, -0.1) is 0 Å². The molecule has 1 saturated heterocycles. The fourth-order valence-corrected chi connectivity index (χ4v) is 5.82. The Hall–Kier alpha value is -3.06. The van der Waals surface area contributed by atoms with Crippen molar-refractivity contribution in [2.24, 2.45) is 0 Å². The van der Waals surface area contributed by atoms with Crippen molar-refractivity contribution in [3.63, 3.8) is 0 Å². The van der Waals surface area contributed by atoms with Gasteiger partial charge >= 0.3 is 0 Å². The Kier molecular flexibility index (Phi) is 7.46. The SMILES string of the molecule is CCCCN1CCCN(c2ccc3c(c2)N(C)C(c2c4cccccc-4[nH]c2=O)N3CCCF)CC1. The Morgan fingerprint density at radius 3 is 2.67 bits per heavy atom. The maximum absolute atomic E-state index is 13.3. The minimum Gasteiger partial charge on any atom is -0.370 e. The second-order valence-electron chi connectivity index (χ2n) is 10.0. The highest BCUT2D eigenvalue weighted by atomic mass is 19.1. The Labute approximate surface area is 213 Å². The highest BCUT2D eigenvalue weighted by Gasteiger charge is 2.38. The molecule has 7 heteroatoms. The molecule has 3 aliphatic heterocycles. The molecule has 1 aromatic carbocycles. The highest BCUT2D eigenvalue weighted by molar-refractivity contribution is 5.83. The van der Waals surface area contributed by atoms with Crippen molar-refractivity contribution in [3.8, 4) is 11.3 Å². The molecule has 0 aromatic heterocycles. The van der Waals surface area contributed by atoms with E-state index in [2.05, 4.69) is 56.8 Å². The number of anilines is 3. The number of benzene rings is 1. The topological polar surface area (TPSA) is 45.8 Å². The van der Waals surface area contributed by atoms with Gasteiger partial charge in [0, 0.05) is 50.2 Å². The maximum atomic E-state index is 13.3. The summed E-state index contributed by atoms with van der Waals surface area (Å²) in [6.45, 7) is 7.92. The van der Waals surface area contributed by atoms with E-state index in [1.807, 2.05) is 30.3 Å². The van der Waals surface area contributed by atoms with Crippen LogP contribution < -0.4 is 20.3 Å². The summed E-state index contributed by atoms with van der Waals surface area (Å²) in [6.07, 6.45) is 3.80. The summed E-state index contributed by atoms with van der Waals surface area (Å²) in [7, 11) is 2.05. The first kappa shape index (κ1) is 24.6. The van der Waals surface area contributed by atoms with Gasteiger partial charge in [-0.3, -0.25) is 9.18 Å². The van der Waals surface area contributed by atoms with Crippen LogP contribution >= 0.6 is 0 Å². The van der Waals surface area contributed by atoms with Crippen molar-refractivity contribution in [1.82, 2.24) is 9.88 Å². The van der Waals surface area contributed by atoms with Gasteiger partial charge in [0.05, 0.1) is 23.6 Å². The number of hydrogen-bond donors (Lipinski definition) is 1. The van der Waals surface area contributed by atoms with Crippen LogP contribution in [-0.4, -0.2) is 62.9 Å². The van der Waals surface area contributed by atoms with Gasteiger partial charge in [-0.1, -0.05) is 37.6 Å². The molecule has 0 radical (unpaired) electrons. The van der Waals surface area contributed by atoms with E-state index < -0.39 is 0 Å². The standard InChI is InChI=1S/C29H38FN5O/c1-3-4-15-33-16-9-17-34(20-19-33)22-12-13-25-26(21-22)32(2)29(35(25)18-8-14-30)27-23-10-6-5-7-11-24(23)31-28(27)36/h5-7,10-13,21,29H,3-4,8-9,14-20H2,1-2H3,(H,31,36). The lowest BCUT2D eigenvalue weighted by molar-refractivity contribution is 0.289. The zero-order chi connectivity index (χ0) is 25.1. The lowest BCUT2D eigenvalue weighted by atomic mass is 10.1. The molecule has 3 heterocycles. The zero-order valence-electron chi connectivity index (χ0n) is 21.5. The molecular weight excluding hydrogens is 453 g/mol. The number of aromatic nitrogens is 1. The molecule has 1 fully saturated rings. The van der Waals surface area contributed by atoms with Crippen molar-refractivity contribution in [1.29, 1.82) is 0 Å². The van der Waals surface area contributed by atoms with Gasteiger partial charge in [-0.05, 0) is 56.6 Å². The molecular formula is C29H38FN5O. The van der Waals surface area contributed by atoms with E-state index in [-0.39, 0.29) is 18.4 Å². The van der Waals surface area contributed by atoms with Crippen LogP contribution in [0.25, 0.3) is 11.3 Å². The molecule has 36 heavy (non-hydrogen) atoms. The third-order valence-corrected chi connectivity index (χ3v) is 7.70. The third kappa shape index (κ3) is 4.69. The van der Waals surface area contributed by atoms with E-state index in [1.54, 1.807) is 0 Å². The van der Waals surface area contributed by atoms with Gasteiger partial charge in [0.25, 0.3) is 5.56 Å². The van der Waals surface area contributed by atoms with Crippen LogP contribution in [0.3, 0.4) is 0 Å². The zero-order valence-corrected chi connectivity index (χ0v) is 21.5. The molecule has 5 rings (SSSR count). The molecule has 0 spiro atoms. The highest BCUT2D eigenvalue weighted by Crippen LogP contribution is 2.48. The summed E-state index contributed by atoms with van der Waals surface area (Å²) in [4.78, 5) is 25.7. The van der Waals surface area contributed by atoms with Crippen molar-refractivity contribution >= 4 is 17.1 Å². The predicted molar refractivity (Wildman–Crippen MR) is 147 cm³/mol. The van der Waals surface area contributed by atoms with E-state index in [0.717, 1.165) is 60.8 Å². The summed E-state index contributed by atoms with van der Waals surface area (Å²) in [5.74, 6) is 0. The second-order valence-corrected chi connectivity index (χ2v) is 10.0. The number of alkyl halides is 1. The molecule has 1 aliphatic carbocycles. The van der Waals surface area contributed by atoms with Crippen LogP contribution in [0.5, 0.6) is 0 Å². The number of rotatable bonds is 8. The van der Waals surface area contributed by atoms with E-state index in [0.29, 0.717) is 13.0 Å². The van der Waals surface area contributed by atoms with E-state index in [1.165, 1.54) is 25.1 Å². The first-order chi connectivity index (χ1) is 17.6. The Morgan fingerprint density at radius 2 is 1.83 bits per heavy atom. The van der Waals surface area contributed by atoms with Gasteiger partial charge < -0.3 is 24.6 Å². The summed E-state index contributed by atoms with van der Waals surface area (Å²) in [5, 5.41) is 0. The normalized spacial score (nSPS) is 18.6. The summed E-state index contributed by atoms with van der Waals surface area (Å²) in [5.41, 5.74) is 5.77. The van der Waals surface area contributed by atoms with E-state index >= 15 is 0 Å². The van der Waals surface area contributed by atoms with Crippen molar-refractivity contribution < 1.29 is 4.39 Å². The monoisotopic (exact) mass is 491 g/mol. The lowest BCUT2D eigenvalue weighted by Crippen LogP contribution is -2.37. The number of fused-ring (bicyclic) bond motifs is 2. The van der Waals surface area contributed by atoms with Crippen LogP contribution in [0, 0.1) is 0 Å². The second kappa shape index (κ2) is 10.9. The first-order valence-electron chi connectivity index (χ1n) is 13.4. The fourth-order valence-electron chi connectivity index (χ4n) is 5.82. The largest absolute Gasteiger partial charge is 0.370 e. The molecule has 1 N–H and O–H groups in total. The predicted octanol–water partition coefficient (Wildman–Crippen LogP) is 5.11. The van der Waals surface area contributed by atoms with Crippen LogP contribution in [-0.2, 0) is 0 Å². The van der Waals surface area contributed by atoms with Gasteiger partial charge in [-0.25, -0.2) is 0 Å². The van der Waals surface area contributed by atoms with Crippen molar-refractivity contribution in [3.05, 3.63) is 64.4 Å². The molecule has 0 bridgehead atoms. The fraction of sp³-hybridized carbons (Fsp3) is 0.483. The quantitative estimate of drug-likeness (QED) is 0.475. The summed E-state index contributed by atoms with van der Waals surface area (Å²) < 4.78 is 13.3. The van der Waals surface area contributed by atoms with Crippen molar-refractivity contribution in [2.75, 3.05) is 67.7 Å². The molecule has 0 amide bonds. The minimum absolute atomic E-state index is 0.0778. The number of aromatic amines is 1. The van der Waals surface area contributed by atoms with Crippen LogP contribution in [0.15, 0.2) is 53.3 Å². The molecule has 1 aromatic rings. The van der Waals surface area contributed by atoms with Gasteiger partial charge in [0.15, 0.2) is 0 Å². The van der Waals surface area contributed by atoms with Crippen LogP contribution in [0.4, 0.5) is 21.5 Å². The number of nitrogens with one attached hydrogen (secondary N) is 1. The third-order valence-electron chi connectivity index (χ3n) is 7.70. The molecule has 1 atom stereocenters. The van der Waals surface area contributed by atoms with Gasteiger partial charge in [-0.2, -0.15) is 0 Å². The Bertz CT molecular complexity index is 1200. The number of hydrogen-bond acceptors (Lipinski definition) is 5. The Balaban J connectivity index is 1.47. The number of H-pyrrole nitrogens is 1. The van der Waals surface area contributed by atoms with Gasteiger partial charge in [0.2, 0.25) is 0 Å². The number of nitrogens with zero attached hydrogens (tertiary/aromatic N) is 4. The van der Waals surface area contributed by atoms with Crippen molar-refractivity contribution in [2.45, 2.75) is 38.8 Å². The average Bonchev–Trinajstić information content (AvgIpc) is 3.11. The van der Waals surface area contributed by atoms with Crippen LogP contribution in [0.1, 0.15) is 44.3 Å².